The van der Waals surface area contributed by atoms with Crippen molar-refractivity contribution in [2.24, 2.45) is 5.18 Å². The summed E-state index contributed by atoms with van der Waals surface area (Å²) in [4.78, 5) is 31.6. The van der Waals surface area contributed by atoms with Crippen LogP contribution in [0.5, 0.6) is 0 Å². The van der Waals surface area contributed by atoms with Crippen molar-refractivity contribution in [3.8, 4) is 0 Å². The number of carbonyl (C=O) groups excluding carboxylic acids is 1. The van der Waals surface area contributed by atoms with Crippen LogP contribution in [0, 0.1) is 4.91 Å². The molecule has 0 radical (unpaired) electrons. The molecule has 3 aromatic rings. The number of nitroso groups, excluding NO2 is 1. The number of β-amino-alcohol motifs (C(OH)–C–C–N with tert-alkyl or cyclic N) is 1. The molecule has 5 rings (SSSR count). The van der Waals surface area contributed by atoms with Gasteiger partial charge in [-0.25, -0.2) is 4.79 Å². The van der Waals surface area contributed by atoms with E-state index in [0.717, 1.165) is 31.5 Å². The van der Waals surface area contributed by atoms with Crippen LogP contribution in [0.2, 0.25) is 0 Å². The zero-order chi connectivity index (χ0) is 25.0. The number of para-hydroxylation sites is 1. The number of aliphatic hydroxyl groups excluding tert-OH is 1. The fraction of sp³-hybridized carbons (Fsp3) is 0.464. The zero-order valence-electron chi connectivity index (χ0n) is 20.5. The highest BCUT2D eigenvalue weighted by atomic mass is 16.6. The van der Waals surface area contributed by atoms with E-state index < -0.39 is 17.7 Å². The summed E-state index contributed by atoms with van der Waals surface area (Å²) in [6.07, 6.45) is 3.57. The van der Waals surface area contributed by atoms with Gasteiger partial charge in [0.2, 0.25) is 0 Å². The Bertz CT molecular complexity index is 1160. The fourth-order valence-electron chi connectivity index (χ4n) is 5.65. The molecule has 190 valence electrons. The van der Waals surface area contributed by atoms with E-state index in [0.29, 0.717) is 38.4 Å². The van der Waals surface area contributed by atoms with Gasteiger partial charge in [-0.15, -0.1) is 0 Å². The molecule has 8 heteroatoms. The quantitative estimate of drug-likeness (QED) is 0.470. The summed E-state index contributed by atoms with van der Waals surface area (Å²) in [6, 6.07) is 17.9. The number of hydrogen-bond acceptors (Lipinski definition) is 6. The van der Waals surface area contributed by atoms with E-state index >= 15 is 0 Å². The van der Waals surface area contributed by atoms with Gasteiger partial charge in [0, 0.05) is 36.7 Å². The van der Waals surface area contributed by atoms with E-state index in [1.807, 2.05) is 36.4 Å². The predicted octanol–water partition coefficient (Wildman–Crippen LogP) is 4.65. The average molecular weight is 491 g/mol. The lowest BCUT2D eigenvalue weighted by atomic mass is 9.82. The molecule has 36 heavy (non-hydrogen) atoms. The number of rotatable bonds is 7. The van der Waals surface area contributed by atoms with Crippen molar-refractivity contribution in [1.82, 2.24) is 14.8 Å². The lowest BCUT2D eigenvalue weighted by molar-refractivity contribution is 0.00538. The lowest BCUT2D eigenvalue weighted by Crippen LogP contribution is -2.55. The summed E-state index contributed by atoms with van der Waals surface area (Å²) in [7, 11) is 0. The second-order valence-corrected chi connectivity index (χ2v) is 10.1. The Balaban J connectivity index is 1.11. The molecule has 1 amide bonds. The Labute approximate surface area is 211 Å². The number of aromatic amines is 1. The van der Waals surface area contributed by atoms with E-state index in [4.69, 9.17) is 4.74 Å². The van der Waals surface area contributed by atoms with Crippen molar-refractivity contribution in [1.29, 1.82) is 0 Å². The van der Waals surface area contributed by atoms with Crippen LogP contribution >= 0.6 is 0 Å². The van der Waals surface area contributed by atoms with Crippen molar-refractivity contribution in [3.63, 3.8) is 0 Å². The number of carbonyl (C=O) groups is 1. The first kappa shape index (κ1) is 24.5. The summed E-state index contributed by atoms with van der Waals surface area (Å²) in [5.74, 6) is 0.484. The first-order valence-electron chi connectivity index (χ1n) is 12.8. The molecule has 2 fully saturated rings. The number of nitrogens with zero attached hydrogens (tertiary/aromatic N) is 3. The van der Waals surface area contributed by atoms with Crippen LogP contribution < -0.4 is 0 Å². The molecule has 2 saturated heterocycles. The maximum Gasteiger partial charge on any atom is 0.410 e. The normalized spacial score (nSPS) is 19.8. The Morgan fingerprint density at radius 3 is 2.47 bits per heavy atom. The molecule has 3 heterocycles. The second-order valence-electron chi connectivity index (χ2n) is 10.1. The SMILES string of the molecule is O=NC1(C(O)CN2CCC(c3c[nH]c4ccccc34)CC2)CCN(C(=O)OCc2ccccc2)CC1. The van der Waals surface area contributed by atoms with Crippen LogP contribution in [0.15, 0.2) is 66.0 Å². The molecular formula is C28H34N4O4. The van der Waals surface area contributed by atoms with Gasteiger partial charge in [0.05, 0.1) is 6.10 Å². The number of amides is 1. The van der Waals surface area contributed by atoms with E-state index in [1.54, 1.807) is 4.90 Å². The highest BCUT2D eigenvalue weighted by Gasteiger charge is 2.44. The first-order valence-corrected chi connectivity index (χ1v) is 12.8. The minimum absolute atomic E-state index is 0.213. The van der Waals surface area contributed by atoms with Crippen LogP contribution in [-0.4, -0.2) is 70.4 Å². The van der Waals surface area contributed by atoms with E-state index in [-0.39, 0.29) is 6.61 Å². The highest BCUT2D eigenvalue weighted by Crippen LogP contribution is 2.35. The monoisotopic (exact) mass is 490 g/mol. The minimum atomic E-state index is -1.07. The van der Waals surface area contributed by atoms with Gasteiger partial charge in [0.25, 0.3) is 0 Å². The molecular weight excluding hydrogens is 456 g/mol. The summed E-state index contributed by atoms with van der Waals surface area (Å²) in [5, 5.41) is 15.8. The molecule has 1 unspecified atom stereocenters. The number of ether oxygens (including phenoxy) is 1. The summed E-state index contributed by atoms with van der Waals surface area (Å²) < 4.78 is 5.42. The maximum atomic E-state index is 12.5. The van der Waals surface area contributed by atoms with Gasteiger partial charge in [-0.2, -0.15) is 4.91 Å². The third-order valence-electron chi connectivity index (χ3n) is 7.97. The third kappa shape index (κ3) is 5.15. The van der Waals surface area contributed by atoms with Gasteiger partial charge < -0.3 is 24.6 Å². The van der Waals surface area contributed by atoms with Gasteiger partial charge >= 0.3 is 6.09 Å². The Hall–Kier alpha value is -3.23. The molecule has 1 aromatic heterocycles. The van der Waals surface area contributed by atoms with E-state index in [9.17, 15) is 14.8 Å². The number of fused-ring (bicyclic) bond motifs is 1. The number of nitrogens with one attached hydrogen (secondary N) is 1. The first-order chi connectivity index (χ1) is 17.6. The second kappa shape index (κ2) is 10.8. The predicted molar refractivity (Wildman–Crippen MR) is 139 cm³/mol. The molecule has 8 nitrogen and oxygen atoms in total. The minimum Gasteiger partial charge on any atom is -0.445 e. The maximum absolute atomic E-state index is 12.5. The van der Waals surface area contributed by atoms with Crippen LogP contribution in [0.25, 0.3) is 10.9 Å². The number of aromatic nitrogens is 1. The van der Waals surface area contributed by atoms with Crippen LogP contribution in [0.1, 0.15) is 42.7 Å². The van der Waals surface area contributed by atoms with Gasteiger partial charge in [-0.3, -0.25) is 0 Å². The van der Waals surface area contributed by atoms with Crippen molar-refractivity contribution in [3.05, 3.63) is 76.8 Å². The Morgan fingerprint density at radius 1 is 1.06 bits per heavy atom. The van der Waals surface area contributed by atoms with Gasteiger partial charge in [0.15, 0.2) is 0 Å². The van der Waals surface area contributed by atoms with Crippen LogP contribution in [-0.2, 0) is 11.3 Å². The summed E-state index contributed by atoms with van der Waals surface area (Å²) in [5.41, 5.74) is 2.39. The van der Waals surface area contributed by atoms with Gasteiger partial charge in [-0.1, -0.05) is 53.7 Å². The van der Waals surface area contributed by atoms with Crippen molar-refractivity contribution < 1.29 is 14.6 Å². The number of benzene rings is 2. The number of H-pyrrole nitrogens is 1. The zero-order valence-corrected chi connectivity index (χ0v) is 20.5. The molecule has 2 aliphatic heterocycles. The molecule has 0 saturated carbocycles. The molecule has 0 spiro atoms. The number of piperidine rings is 2. The Kier molecular flexibility index (Phi) is 7.34. The number of likely N-dealkylation sites (tertiary alicyclic amines) is 2. The smallest absolute Gasteiger partial charge is 0.410 e. The average Bonchev–Trinajstić information content (AvgIpc) is 3.37. The highest BCUT2D eigenvalue weighted by molar-refractivity contribution is 5.83. The molecule has 1 atom stereocenters. The standard InChI is InChI=1S/C28H34N4O4/c33-26(19-31-14-10-22(11-15-31)24-18-29-25-9-5-4-8-23(24)25)28(30-35)12-16-32(17-13-28)27(34)36-20-21-6-2-1-3-7-21/h1-9,18,22,26,29,33H,10-17,19-20H2. The van der Waals surface area contributed by atoms with Crippen molar-refractivity contribution >= 4 is 17.0 Å². The Morgan fingerprint density at radius 2 is 1.75 bits per heavy atom. The number of aliphatic hydroxyl groups is 1. The summed E-state index contributed by atoms with van der Waals surface area (Å²) in [6.45, 7) is 3.06. The molecule has 2 N–H and O–H groups in total. The molecule has 2 aromatic carbocycles. The van der Waals surface area contributed by atoms with E-state index in [1.165, 1.54) is 16.5 Å². The number of hydrogen-bond donors (Lipinski definition) is 2. The fourth-order valence-corrected chi connectivity index (χ4v) is 5.65. The largest absolute Gasteiger partial charge is 0.445 e. The van der Waals surface area contributed by atoms with Crippen LogP contribution in [0.3, 0.4) is 0 Å². The summed E-state index contributed by atoms with van der Waals surface area (Å²) >= 11 is 0. The molecule has 2 aliphatic rings. The topological polar surface area (TPSA) is 98.2 Å². The lowest BCUT2D eigenvalue weighted by Gasteiger charge is -2.41. The van der Waals surface area contributed by atoms with Gasteiger partial charge in [0.1, 0.15) is 12.1 Å². The van der Waals surface area contributed by atoms with Gasteiger partial charge in [-0.05, 0) is 61.9 Å². The molecule has 0 aliphatic carbocycles. The van der Waals surface area contributed by atoms with Crippen molar-refractivity contribution in [2.75, 3.05) is 32.7 Å². The van der Waals surface area contributed by atoms with E-state index in [2.05, 4.69) is 39.5 Å². The van der Waals surface area contributed by atoms with Crippen molar-refractivity contribution in [2.45, 2.75) is 49.9 Å². The van der Waals surface area contributed by atoms with Crippen LogP contribution in [0.4, 0.5) is 4.79 Å². The molecule has 0 bridgehead atoms. The third-order valence-corrected chi connectivity index (χ3v) is 7.97.